The zero-order chi connectivity index (χ0) is 20.9. The van der Waals surface area contributed by atoms with E-state index in [1.807, 2.05) is 53.7 Å². The van der Waals surface area contributed by atoms with Gasteiger partial charge >= 0.3 is 6.03 Å². The molecule has 0 saturated heterocycles. The van der Waals surface area contributed by atoms with E-state index < -0.39 is 0 Å². The Bertz CT molecular complexity index is 1020. The fraction of sp³-hybridized carbons (Fsp3) is 0.409. The highest BCUT2D eigenvalue weighted by molar-refractivity contribution is 5.75. The Labute approximate surface area is 175 Å². The fourth-order valence-corrected chi connectivity index (χ4v) is 3.64. The number of hydrogen-bond acceptors (Lipinski definition) is 5. The smallest absolute Gasteiger partial charge is 0.317 e. The number of hydrogen-bond donors (Lipinski definition) is 1. The quantitative estimate of drug-likeness (QED) is 0.667. The summed E-state index contributed by atoms with van der Waals surface area (Å²) in [6.45, 7) is 6.60. The molecule has 158 valence electrons. The maximum Gasteiger partial charge on any atom is 0.317 e. The van der Waals surface area contributed by atoms with Gasteiger partial charge < -0.3 is 24.1 Å². The number of aromatic nitrogens is 3. The lowest BCUT2D eigenvalue weighted by atomic mass is 10.0. The first-order valence-electron chi connectivity index (χ1n) is 10.4. The summed E-state index contributed by atoms with van der Waals surface area (Å²) in [5.74, 6) is 0.482. The van der Waals surface area contributed by atoms with Crippen molar-refractivity contribution in [3.8, 4) is 17.1 Å². The first-order valence-corrected chi connectivity index (χ1v) is 10.4. The molecule has 0 fully saturated rings. The largest absolute Gasteiger partial charge is 0.473 e. The number of amides is 2. The summed E-state index contributed by atoms with van der Waals surface area (Å²) < 4.78 is 13.4. The number of nitrogens with zero attached hydrogens (tertiary/aromatic N) is 4. The molecule has 30 heavy (non-hydrogen) atoms. The number of ether oxygens (including phenoxy) is 2. The molecule has 4 bridgehead atoms. The van der Waals surface area contributed by atoms with Crippen molar-refractivity contribution in [2.75, 3.05) is 32.9 Å². The predicted octanol–water partition coefficient (Wildman–Crippen LogP) is 3.29. The zero-order valence-corrected chi connectivity index (χ0v) is 17.4. The van der Waals surface area contributed by atoms with E-state index in [1.54, 1.807) is 6.20 Å². The van der Waals surface area contributed by atoms with Crippen LogP contribution in [-0.2, 0) is 4.74 Å². The van der Waals surface area contributed by atoms with E-state index in [0.717, 1.165) is 23.2 Å². The maximum atomic E-state index is 12.7. The van der Waals surface area contributed by atoms with E-state index >= 15 is 0 Å². The molecule has 2 amide bonds. The topological polar surface area (TPSA) is 81.0 Å². The number of benzene rings is 1. The number of urea groups is 1. The van der Waals surface area contributed by atoms with Gasteiger partial charge in [0.15, 0.2) is 0 Å². The van der Waals surface area contributed by atoms with Gasteiger partial charge in [0.2, 0.25) is 5.65 Å². The normalized spacial score (nSPS) is 18.5. The number of imidazole rings is 1. The standard InChI is InChI=1S/C22H27N5O3/c1-3-27-16(2)17-6-4-7-18(14-17)19-15-26-10-9-23-20(26)21(25-19)30-13-12-29-11-5-8-24-22(27)28/h4,6-7,9-10,14-16H,3,5,8,11-13H2,1-2H3,(H,24,28)/t16-/m1/s1. The minimum atomic E-state index is -0.0745. The van der Waals surface area contributed by atoms with Gasteiger partial charge in [-0.25, -0.2) is 14.8 Å². The molecule has 0 saturated carbocycles. The number of rotatable bonds is 1. The van der Waals surface area contributed by atoms with Crippen molar-refractivity contribution in [3.63, 3.8) is 0 Å². The average Bonchev–Trinajstić information content (AvgIpc) is 3.24. The number of carbonyl (C=O) groups is 1. The number of nitrogens with one attached hydrogen (secondary N) is 1. The molecule has 1 aliphatic heterocycles. The van der Waals surface area contributed by atoms with Crippen LogP contribution in [0.1, 0.15) is 31.9 Å². The van der Waals surface area contributed by atoms with E-state index in [-0.39, 0.29) is 12.1 Å². The number of fused-ring (bicyclic) bond motifs is 7. The fourth-order valence-electron chi connectivity index (χ4n) is 3.64. The van der Waals surface area contributed by atoms with Gasteiger partial charge in [0.25, 0.3) is 5.88 Å². The Hall–Kier alpha value is -3.13. The third kappa shape index (κ3) is 4.23. The first kappa shape index (κ1) is 20.2. The molecule has 1 aliphatic rings. The Morgan fingerprint density at radius 1 is 1.27 bits per heavy atom. The van der Waals surface area contributed by atoms with Gasteiger partial charge in [-0.3, -0.25) is 0 Å². The van der Waals surface area contributed by atoms with Gasteiger partial charge in [-0.15, -0.1) is 0 Å². The van der Waals surface area contributed by atoms with E-state index in [0.29, 0.717) is 44.4 Å². The van der Waals surface area contributed by atoms with Gasteiger partial charge in [0, 0.05) is 43.9 Å². The third-order valence-electron chi connectivity index (χ3n) is 5.29. The highest BCUT2D eigenvalue weighted by atomic mass is 16.5. The molecule has 0 aliphatic carbocycles. The highest BCUT2D eigenvalue weighted by Crippen LogP contribution is 2.28. The van der Waals surface area contributed by atoms with Gasteiger partial charge in [-0.1, -0.05) is 18.2 Å². The van der Waals surface area contributed by atoms with Crippen LogP contribution >= 0.6 is 0 Å². The predicted molar refractivity (Wildman–Crippen MR) is 114 cm³/mol. The third-order valence-corrected chi connectivity index (χ3v) is 5.29. The highest BCUT2D eigenvalue weighted by Gasteiger charge is 2.20. The molecule has 0 spiro atoms. The summed E-state index contributed by atoms with van der Waals surface area (Å²) in [6, 6.07) is 7.99. The lowest BCUT2D eigenvalue weighted by Crippen LogP contribution is -2.41. The van der Waals surface area contributed by atoms with Crippen molar-refractivity contribution in [2.45, 2.75) is 26.3 Å². The van der Waals surface area contributed by atoms with E-state index in [9.17, 15) is 4.79 Å². The van der Waals surface area contributed by atoms with E-state index in [4.69, 9.17) is 14.5 Å². The molecule has 4 rings (SSSR count). The van der Waals surface area contributed by atoms with Gasteiger partial charge in [-0.2, -0.15) is 0 Å². The number of carbonyl (C=O) groups excluding carboxylic acids is 1. The van der Waals surface area contributed by atoms with Crippen molar-refractivity contribution in [3.05, 3.63) is 48.4 Å². The SMILES string of the molecule is CCN1C(=O)NCCCOCCOc2nc(cn3ccnc23)-c2cccc(c2)[C@H]1C. The van der Waals surface area contributed by atoms with Gasteiger partial charge in [0.05, 0.1) is 18.3 Å². The average molecular weight is 409 g/mol. The molecule has 1 aromatic carbocycles. The van der Waals surface area contributed by atoms with Crippen LogP contribution in [0.4, 0.5) is 4.79 Å². The van der Waals surface area contributed by atoms with Crippen LogP contribution in [0, 0.1) is 0 Å². The summed E-state index contributed by atoms with van der Waals surface area (Å²) in [4.78, 5) is 23.6. The second-order valence-electron chi connectivity index (χ2n) is 7.22. The minimum absolute atomic E-state index is 0.0664. The van der Waals surface area contributed by atoms with Crippen molar-refractivity contribution in [1.29, 1.82) is 0 Å². The Morgan fingerprint density at radius 2 is 2.17 bits per heavy atom. The van der Waals surface area contributed by atoms with Crippen molar-refractivity contribution in [2.24, 2.45) is 0 Å². The molecule has 2 aromatic heterocycles. The van der Waals surface area contributed by atoms with Gasteiger partial charge in [-0.05, 0) is 31.9 Å². The van der Waals surface area contributed by atoms with Crippen LogP contribution in [0.5, 0.6) is 5.88 Å². The summed E-state index contributed by atoms with van der Waals surface area (Å²) >= 11 is 0. The van der Waals surface area contributed by atoms with Crippen LogP contribution in [-0.4, -0.2) is 58.2 Å². The molecule has 0 radical (unpaired) electrons. The van der Waals surface area contributed by atoms with Crippen LogP contribution in [0.3, 0.4) is 0 Å². The molecule has 3 heterocycles. The summed E-state index contributed by atoms with van der Waals surface area (Å²) in [5.41, 5.74) is 3.46. The minimum Gasteiger partial charge on any atom is -0.473 e. The molecule has 8 nitrogen and oxygen atoms in total. The zero-order valence-electron chi connectivity index (χ0n) is 17.4. The van der Waals surface area contributed by atoms with E-state index in [1.165, 1.54) is 0 Å². The molecular formula is C22H27N5O3. The van der Waals surface area contributed by atoms with Crippen molar-refractivity contribution < 1.29 is 14.3 Å². The maximum absolute atomic E-state index is 12.7. The Kier molecular flexibility index (Phi) is 6.13. The Morgan fingerprint density at radius 3 is 3.03 bits per heavy atom. The van der Waals surface area contributed by atoms with Crippen molar-refractivity contribution in [1.82, 2.24) is 24.6 Å². The lowest BCUT2D eigenvalue weighted by molar-refractivity contribution is 0.0970. The first-order chi connectivity index (χ1) is 14.7. The monoisotopic (exact) mass is 409 g/mol. The Balaban J connectivity index is 1.74. The van der Waals surface area contributed by atoms with Gasteiger partial charge in [0.1, 0.15) is 6.61 Å². The summed E-state index contributed by atoms with van der Waals surface area (Å²) in [7, 11) is 0. The molecular weight excluding hydrogens is 382 g/mol. The second kappa shape index (κ2) is 9.13. The van der Waals surface area contributed by atoms with Crippen molar-refractivity contribution >= 4 is 11.7 Å². The van der Waals surface area contributed by atoms with Crippen LogP contribution < -0.4 is 10.1 Å². The van der Waals surface area contributed by atoms with Crippen LogP contribution in [0.15, 0.2) is 42.9 Å². The molecule has 1 N–H and O–H groups in total. The lowest BCUT2D eigenvalue weighted by Gasteiger charge is -2.29. The second-order valence-corrected chi connectivity index (χ2v) is 7.22. The van der Waals surface area contributed by atoms with Crippen LogP contribution in [0.25, 0.3) is 16.9 Å². The molecule has 1 atom stereocenters. The summed E-state index contributed by atoms with van der Waals surface area (Å²) in [5, 5.41) is 2.99. The molecule has 0 unspecified atom stereocenters. The summed E-state index contributed by atoms with van der Waals surface area (Å²) in [6.07, 6.45) is 6.29. The van der Waals surface area contributed by atoms with E-state index in [2.05, 4.69) is 16.4 Å². The molecule has 3 aromatic rings. The molecule has 8 heteroatoms. The van der Waals surface area contributed by atoms with Crippen LogP contribution in [0.2, 0.25) is 0 Å².